The predicted octanol–water partition coefficient (Wildman–Crippen LogP) is 2.45. The minimum Gasteiger partial charge on any atom is -0.460 e. The van der Waals surface area contributed by atoms with Crippen LogP contribution in [0.3, 0.4) is 0 Å². The Morgan fingerprint density at radius 3 is 2.94 bits per heavy atom. The van der Waals surface area contributed by atoms with Crippen molar-refractivity contribution in [2.45, 2.75) is 13.1 Å². The van der Waals surface area contributed by atoms with E-state index in [1.54, 1.807) is 6.20 Å². The van der Waals surface area contributed by atoms with Crippen molar-refractivity contribution in [1.29, 1.82) is 0 Å². The molecule has 2 aromatic heterocycles. The molecular formula is C13H13N3O. The minimum atomic E-state index is 0.716. The second-order valence-corrected chi connectivity index (χ2v) is 3.94. The standard InChI is InChI=1S/C13H13N3O/c1-2-4-13-10(3-1)7-12(17-13)9-14-8-11-5-6-15-16-11/h1-7,14H,8-9H2,(H,15,16). The van der Waals surface area contributed by atoms with Gasteiger partial charge in [-0.1, -0.05) is 18.2 Å². The van der Waals surface area contributed by atoms with Crippen molar-refractivity contribution in [3.05, 3.63) is 54.0 Å². The molecule has 86 valence electrons. The fourth-order valence-electron chi connectivity index (χ4n) is 1.83. The summed E-state index contributed by atoms with van der Waals surface area (Å²) in [6, 6.07) is 12.0. The molecule has 1 aromatic carbocycles. The van der Waals surface area contributed by atoms with Gasteiger partial charge < -0.3 is 9.73 Å². The molecule has 3 rings (SSSR count). The van der Waals surface area contributed by atoms with Crippen molar-refractivity contribution >= 4 is 11.0 Å². The number of para-hydroxylation sites is 1. The van der Waals surface area contributed by atoms with Crippen molar-refractivity contribution in [3.63, 3.8) is 0 Å². The smallest absolute Gasteiger partial charge is 0.134 e. The maximum Gasteiger partial charge on any atom is 0.134 e. The summed E-state index contributed by atoms with van der Waals surface area (Å²) in [7, 11) is 0. The molecule has 17 heavy (non-hydrogen) atoms. The highest BCUT2D eigenvalue weighted by Gasteiger charge is 2.02. The van der Waals surface area contributed by atoms with Crippen molar-refractivity contribution in [2.75, 3.05) is 0 Å². The van der Waals surface area contributed by atoms with Crippen LogP contribution in [0.25, 0.3) is 11.0 Å². The van der Waals surface area contributed by atoms with Gasteiger partial charge in [-0.3, -0.25) is 5.10 Å². The predicted molar refractivity (Wildman–Crippen MR) is 65.3 cm³/mol. The lowest BCUT2D eigenvalue weighted by molar-refractivity contribution is 0.512. The molecule has 0 unspecified atom stereocenters. The molecule has 0 aliphatic heterocycles. The number of furan rings is 1. The zero-order chi connectivity index (χ0) is 11.5. The summed E-state index contributed by atoms with van der Waals surface area (Å²) in [6.45, 7) is 1.48. The number of nitrogens with one attached hydrogen (secondary N) is 2. The van der Waals surface area contributed by atoms with Crippen LogP contribution in [0.5, 0.6) is 0 Å². The molecule has 4 heteroatoms. The molecule has 0 saturated heterocycles. The molecule has 0 amide bonds. The molecule has 0 spiro atoms. The zero-order valence-corrected chi connectivity index (χ0v) is 9.31. The summed E-state index contributed by atoms with van der Waals surface area (Å²) in [4.78, 5) is 0. The third-order valence-corrected chi connectivity index (χ3v) is 2.65. The topological polar surface area (TPSA) is 53.9 Å². The largest absolute Gasteiger partial charge is 0.460 e. The van der Waals surface area contributed by atoms with Gasteiger partial charge in [0.15, 0.2) is 0 Å². The molecule has 0 fully saturated rings. The molecule has 0 radical (unpaired) electrons. The first-order valence-corrected chi connectivity index (χ1v) is 5.58. The third kappa shape index (κ3) is 2.21. The lowest BCUT2D eigenvalue weighted by Crippen LogP contribution is -2.12. The Balaban J connectivity index is 1.65. The van der Waals surface area contributed by atoms with Crippen molar-refractivity contribution in [1.82, 2.24) is 15.5 Å². The molecule has 2 N–H and O–H groups in total. The first-order chi connectivity index (χ1) is 8.42. The van der Waals surface area contributed by atoms with E-state index in [4.69, 9.17) is 4.42 Å². The molecule has 2 heterocycles. The number of hydrogen-bond donors (Lipinski definition) is 2. The normalized spacial score (nSPS) is 11.1. The third-order valence-electron chi connectivity index (χ3n) is 2.65. The number of aromatic nitrogens is 2. The molecular weight excluding hydrogens is 214 g/mol. The molecule has 0 aliphatic carbocycles. The Kier molecular flexibility index (Phi) is 2.63. The Labute approximate surface area is 98.6 Å². The molecule has 0 aliphatic rings. The van der Waals surface area contributed by atoms with Crippen molar-refractivity contribution in [3.8, 4) is 0 Å². The van der Waals surface area contributed by atoms with Crippen LogP contribution in [0.1, 0.15) is 11.5 Å². The number of H-pyrrole nitrogens is 1. The highest BCUT2D eigenvalue weighted by molar-refractivity contribution is 5.77. The number of benzene rings is 1. The van der Waals surface area contributed by atoms with E-state index in [9.17, 15) is 0 Å². The van der Waals surface area contributed by atoms with Gasteiger partial charge >= 0.3 is 0 Å². The summed E-state index contributed by atoms with van der Waals surface area (Å²) in [5.41, 5.74) is 2.01. The quantitative estimate of drug-likeness (QED) is 0.719. The second-order valence-electron chi connectivity index (χ2n) is 3.94. The Hall–Kier alpha value is -2.07. The average Bonchev–Trinajstić information content (AvgIpc) is 2.96. The van der Waals surface area contributed by atoms with Gasteiger partial charge in [0.25, 0.3) is 0 Å². The second kappa shape index (κ2) is 4.43. The number of rotatable bonds is 4. The van der Waals surface area contributed by atoms with Crippen LogP contribution in [0.2, 0.25) is 0 Å². The molecule has 0 atom stereocenters. The monoisotopic (exact) mass is 227 g/mol. The fraction of sp³-hybridized carbons (Fsp3) is 0.154. The van der Waals surface area contributed by atoms with Gasteiger partial charge in [-0.2, -0.15) is 5.10 Å². The van der Waals surface area contributed by atoms with E-state index < -0.39 is 0 Å². The lowest BCUT2D eigenvalue weighted by Gasteiger charge is -1.99. The van der Waals surface area contributed by atoms with E-state index in [0.29, 0.717) is 6.54 Å². The van der Waals surface area contributed by atoms with Gasteiger partial charge in [-0.15, -0.1) is 0 Å². The number of hydrogen-bond acceptors (Lipinski definition) is 3. The van der Waals surface area contributed by atoms with Crippen molar-refractivity contribution in [2.24, 2.45) is 0 Å². The number of nitrogens with zero attached hydrogens (tertiary/aromatic N) is 1. The number of fused-ring (bicyclic) bond motifs is 1. The van der Waals surface area contributed by atoms with Gasteiger partial charge in [0.05, 0.1) is 6.54 Å². The fourth-order valence-corrected chi connectivity index (χ4v) is 1.83. The highest BCUT2D eigenvalue weighted by Crippen LogP contribution is 2.18. The van der Waals surface area contributed by atoms with E-state index in [-0.39, 0.29) is 0 Å². The van der Waals surface area contributed by atoms with E-state index in [2.05, 4.69) is 27.6 Å². The first-order valence-electron chi connectivity index (χ1n) is 5.58. The van der Waals surface area contributed by atoms with Crippen LogP contribution in [0.15, 0.2) is 47.0 Å². The summed E-state index contributed by atoms with van der Waals surface area (Å²) in [6.07, 6.45) is 1.75. The maximum atomic E-state index is 5.70. The van der Waals surface area contributed by atoms with Crippen LogP contribution in [-0.4, -0.2) is 10.2 Å². The Morgan fingerprint density at radius 1 is 1.18 bits per heavy atom. The van der Waals surface area contributed by atoms with E-state index in [0.717, 1.165) is 29.0 Å². The van der Waals surface area contributed by atoms with Crippen molar-refractivity contribution < 1.29 is 4.42 Å². The Bertz CT molecular complexity index is 565. The van der Waals surface area contributed by atoms with Gasteiger partial charge in [0, 0.05) is 23.8 Å². The van der Waals surface area contributed by atoms with Crippen LogP contribution in [0.4, 0.5) is 0 Å². The Morgan fingerprint density at radius 2 is 2.12 bits per heavy atom. The molecule has 0 bridgehead atoms. The van der Waals surface area contributed by atoms with E-state index in [1.807, 2.05) is 24.3 Å². The lowest BCUT2D eigenvalue weighted by atomic mass is 10.2. The van der Waals surface area contributed by atoms with Gasteiger partial charge in [0.1, 0.15) is 11.3 Å². The summed E-state index contributed by atoms with van der Waals surface area (Å²) >= 11 is 0. The minimum absolute atomic E-state index is 0.716. The van der Waals surface area contributed by atoms with Crippen LogP contribution in [-0.2, 0) is 13.1 Å². The van der Waals surface area contributed by atoms with Gasteiger partial charge in [0.2, 0.25) is 0 Å². The highest BCUT2D eigenvalue weighted by atomic mass is 16.3. The van der Waals surface area contributed by atoms with Crippen LogP contribution >= 0.6 is 0 Å². The SMILES string of the molecule is c1ccc2oc(CNCc3ccn[nH]3)cc2c1. The number of aromatic amines is 1. The van der Waals surface area contributed by atoms with Gasteiger partial charge in [-0.25, -0.2) is 0 Å². The summed E-state index contributed by atoms with van der Waals surface area (Å²) in [5, 5.41) is 11.2. The maximum absolute atomic E-state index is 5.70. The zero-order valence-electron chi connectivity index (χ0n) is 9.31. The van der Waals surface area contributed by atoms with E-state index >= 15 is 0 Å². The molecule has 3 aromatic rings. The first kappa shape index (κ1) is 10.1. The van der Waals surface area contributed by atoms with Crippen LogP contribution in [0, 0.1) is 0 Å². The average molecular weight is 227 g/mol. The van der Waals surface area contributed by atoms with Gasteiger partial charge in [-0.05, 0) is 18.2 Å². The van der Waals surface area contributed by atoms with E-state index in [1.165, 1.54) is 0 Å². The van der Waals surface area contributed by atoms with Crippen LogP contribution < -0.4 is 5.32 Å². The summed E-state index contributed by atoms with van der Waals surface area (Å²) < 4.78 is 5.70. The summed E-state index contributed by atoms with van der Waals surface area (Å²) in [5.74, 6) is 0.950. The molecule has 4 nitrogen and oxygen atoms in total. The molecule has 0 saturated carbocycles.